The van der Waals surface area contributed by atoms with Crippen molar-refractivity contribution in [2.75, 3.05) is 32.6 Å². The summed E-state index contributed by atoms with van der Waals surface area (Å²) in [5.74, 6) is -0.251. The van der Waals surface area contributed by atoms with Gasteiger partial charge in [-0.15, -0.1) is 0 Å². The predicted molar refractivity (Wildman–Crippen MR) is 121 cm³/mol. The largest absolute Gasteiger partial charge is 0.496 e. The minimum Gasteiger partial charge on any atom is -0.496 e. The summed E-state index contributed by atoms with van der Waals surface area (Å²) in [5.41, 5.74) is 3.46. The molecule has 0 unspecified atom stereocenters. The van der Waals surface area contributed by atoms with E-state index >= 15 is 0 Å². The molecule has 1 fully saturated rings. The third kappa shape index (κ3) is 5.24. The smallest absolute Gasteiger partial charge is 0.253 e. The van der Waals surface area contributed by atoms with Crippen molar-refractivity contribution in [1.29, 1.82) is 0 Å². The first-order valence-corrected chi connectivity index (χ1v) is 10.8. The number of aryl methyl sites for hydroxylation is 1. The van der Waals surface area contributed by atoms with Crippen molar-refractivity contribution in [2.24, 2.45) is 0 Å². The molecule has 0 radical (unpaired) electrons. The Labute approximate surface area is 188 Å². The summed E-state index contributed by atoms with van der Waals surface area (Å²) >= 11 is 0. The standard InChI is InChI=1S/C24H31FN4O3/c1-15-13-26-22(16(2)23(15)32-5)14-29-10-8-19(9-11-29)28(4)24(31)18-6-7-20(25)21(12-18)27-17(3)30/h6-7,12-13,19H,8-11,14H2,1-5H3,(H,27,30). The molecular formula is C24H31FN4O3. The number of nitrogens with one attached hydrogen (secondary N) is 1. The lowest BCUT2D eigenvalue weighted by Crippen LogP contribution is -2.45. The molecule has 0 saturated carbocycles. The zero-order chi connectivity index (χ0) is 23.4. The van der Waals surface area contributed by atoms with Crippen LogP contribution in [-0.4, -0.2) is 59.9 Å². The van der Waals surface area contributed by atoms with E-state index in [1.165, 1.54) is 25.1 Å². The number of piperidine rings is 1. The highest BCUT2D eigenvalue weighted by Gasteiger charge is 2.27. The third-order valence-electron chi connectivity index (χ3n) is 6.07. The molecule has 1 saturated heterocycles. The lowest BCUT2D eigenvalue weighted by Gasteiger charge is -2.37. The number of aromatic nitrogens is 1. The number of carbonyl (C=O) groups is 2. The van der Waals surface area contributed by atoms with Gasteiger partial charge in [0.1, 0.15) is 11.6 Å². The SMILES string of the molecule is COc1c(C)cnc(CN2CCC(N(C)C(=O)c3ccc(F)c(NC(C)=O)c3)CC2)c1C. The average molecular weight is 443 g/mol. The van der Waals surface area contributed by atoms with E-state index in [2.05, 4.69) is 15.2 Å². The van der Waals surface area contributed by atoms with E-state index in [0.29, 0.717) is 5.56 Å². The molecule has 0 aliphatic carbocycles. The number of likely N-dealkylation sites (tertiary alicyclic amines) is 1. The molecule has 32 heavy (non-hydrogen) atoms. The fraction of sp³-hybridized carbons (Fsp3) is 0.458. The van der Waals surface area contributed by atoms with E-state index < -0.39 is 5.82 Å². The molecule has 1 aromatic carbocycles. The van der Waals surface area contributed by atoms with Crippen molar-refractivity contribution >= 4 is 17.5 Å². The van der Waals surface area contributed by atoms with Crippen LogP contribution in [0, 0.1) is 19.7 Å². The fourth-order valence-electron chi connectivity index (χ4n) is 4.22. The topological polar surface area (TPSA) is 74.8 Å². The predicted octanol–water partition coefficient (Wildman–Crippen LogP) is 3.54. The maximum Gasteiger partial charge on any atom is 0.253 e. The van der Waals surface area contributed by atoms with Crippen LogP contribution in [0.2, 0.25) is 0 Å². The summed E-state index contributed by atoms with van der Waals surface area (Å²) in [6.07, 6.45) is 3.52. The molecule has 0 atom stereocenters. The first kappa shape index (κ1) is 23.7. The van der Waals surface area contributed by atoms with E-state index in [4.69, 9.17) is 4.74 Å². The molecule has 3 rings (SSSR count). The van der Waals surface area contributed by atoms with Crippen molar-refractivity contribution in [3.05, 3.63) is 52.6 Å². The Kier molecular flexibility index (Phi) is 7.45. The number of rotatable bonds is 6. The molecule has 0 spiro atoms. The molecule has 2 heterocycles. The number of pyridine rings is 1. The molecular weight excluding hydrogens is 411 g/mol. The second-order valence-corrected chi connectivity index (χ2v) is 8.35. The van der Waals surface area contributed by atoms with Crippen LogP contribution < -0.4 is 10.1 Å². The van der Waals surface area contributed by atoms with Crippen LogP contribution in [0.3, 0.4) is 0 Å². The monoisotopic (exact) mass is 442 g/mol. The summed E-state index contributed by atoms with van der Waals surface area (Å²) in [5, 5.41) is 2.43. The Balaban J connectivity index is 1.62. The van der Waals surface area contributed by atoms with Gasteiger partial charge >= 0.3 is 0 Å². The van der Waals surface area contributed by atoms with E-state index in [1.807, 2.05) is 20.0 Å². The number of benzene rings is 1. The van der Waals surface area contributed by atoms with E-state index in [0.717, 1.165) is 55.0 Å². The number of halogens is 1. The number of hydrogen-bond acceptors (Lipinski definition) is 5. The Hall–Kier alpha value is -3.00. The number of hydrogen-bond donors (Lipinski definition) is 1. The number of nitrogens with zero attached hydrogens (tertiary/aromatic N) is 3. The van der Waals surface area contributed by atoms with Crippen LogP contribution in [0.4, 0.5) is 10.1 Å². The third-order valence-corrected chi connectivity index (χ3v) is 6.07. The number of carbonyl (C=O) groups excluding carboxylic acids is 2. The molecule has 2 amide bonds. The van der Waals surface area contributed by atoms with Crippen molar-refractivity contribution in [2.45, 2.75) is 46.2 Å². The summed E-state index contributed by atoms with van der Waals surface area (Å²) in [7, 11) is 3.46. The Morgan fingerprint density at radius 3 is 2.59 bits per heavy atom. The minimum atomic E-state index is -0.565. The molecule has 2 aromatic rings. The van der Waals surface area contributed by atoms with Crippen LogP contribution in [0.15, 0.2) is 24.4 Å². The zero-order valence-corrected chi connectivity index (χ0v) is 19.4. The van der Waals surface area contributed by atoms with E-state index in [-0.39, 0.29) is 23.5 Å². The molecule has 1 aliphatic heterocycles. The van der Waals surface area contributed by atoms with Crippen molar-refractivity contribution in [1.82, 2.24) is 14.8 Å². The van der Waals surface area contributed by atoms with Gasteiger partial charge in [0.25, 0.3) is 5.91 Å². The second-order valence-electron chi connectivity index (χ2n) is 8.35. The van der Waals surface area contributed by atoms with Crippen LogP contribution in [0.5, 0.6) is 5.75 Å². The summed E-state index contributed by atoms with van der Waals surface area (Å²) in [6.45, 7) is 7.76. The molecule has 1 aliphatic rings. The van der Waals surface area contributed by atoms with Crippen molar-refractivity contribution in [3.63, 3.8) is 0 Å². The van der Waals surface area contributed by atoms with Crippen LogP contribution in [0.25, 0.3) is 0 Å². The normalized spacial score (nSPS) is 14.8. The van der Waals surface area contributed by atoms with Gasteiger partial charge in [-0.3, -0.25) is 19.5 Å². The Morgan fingerprint density at radius 1 is 1.28 bits per heavy atom. The van der Waals surface area contributed by atoms with Gasteiger partial charge in [-0.05, 0) is 44.9 Å². The van der Waals surface area contributed by atoms with Gasteiger partial charge in [0, 0.05) is 62.5 Å². The highest BCUT2D eigenvalue weighted by atomic mass is 19.1. The molecule has 0 bridgehead atoms. The number of anilines is 1. The Morgan fingerprint density at radius 2 is 1.97 bits per heavy atom. The van der Waals surface area contributed by atoms with E-state index in [9.17, 15) is 14.0 Å². The van der Waals surface area contributed by atoms with E-state index in [1.54, 1.807) is 19.1 Å². The molecule has 1 N–H and O–H groups in total. The van der Waals surface area contributed by atoms with Gasteiger partial charge in [-0.25, -0.2) is 4.39 Å². The minimum absolute atomic E-state index is 0.0166. The van der Waals surface area contributed by atoms with Gasteiger partial charge in [-0.1, -0.05) is 0 Å². The summed E-state index contributed by atoms with van der Waals surface area (Å²) in [4.78, 5) is 32.9. The number of ether oxygens (including phenoxy) is 1. The maximum absolute atomic E-state index is 13.9. The quantitative estimate of drug-likeness (QED) is 0.741. The summed E-state index contributed by atoms with van der Waals surface area (Å²) in [6, 6.07) is 4.15. The van der Waals surface area contributed by atoms with Gasteiger partial charge in [0.05, 0.1) is 18.5 Å². The molecule has 172 valence electrons. The number of methoxy groups -OCH3 is 1. The Bertz CT molecular complexity index is 1000. The average Bonchev–Trinajstić information content (AvgIpc) is 2.77. The van der Waals surface area contributed by atoms with Crippen LogP contribution in [-0.2, 0) is 11.3 Å². The molecule has 7 nitrogen and oxygen atoms in total. The first-order chi connectivity index (χ1) is 15.2. The highest BCUT2D eigenvalue weighted by molar-refractivity contribution is 5.97. The summed E-state index contributed by atoms with van der Waals surface area (Å²) < 4.78 is 19.4. The van der Waals surface area contributed by atoms with Gasteiger partial charge in [0.15, 0.2) is 0 Å². The van der Waals surface area contributed by atoms with Crippen molar-refractivity contribution < 1.29 is 18.7 Å². The highest BCUT2D eigenvalue weighted by Crippen LogP contribution is 2.26. The van der Waals surface area contributed by atoms with Crippen molar-refractivity contribution in [3.8, 4) is 5.75 Å². The van der Waals surface area contributed by atoms with Crippen LogP contribution in [0.1, 0.15) is 46.9 Å². The fourth-order valence-corrected chi connectivity index (χ4v) is 4.22. The lowest BCUT2D eigenvalue weighted by molar-refractivity contribution is -0.114. The van der Waals surface area contributed by atoms with Gasteiger partial charge < -0.3 is 15.0 Å². The first-order valence-electron chi connectivity index (χ1n) is 10.8. The van der Waals surface area contributed by atoms with Crippen LogP contribution >= 0.6 is 0 Å². The zero-order valence-electron chi connectivity index (χ0n) is 19.4. The van der Waals surface area contributed by atoms with Gasteiger partial charge in [0.2, 0.25) is 5.91 Å². The number of amides is 2. The maximum atomic E-state index is 13.9. The van der Waals surface area contributed by atoms with Gasteiger partial charge in [-0.2, -0.15) is 0 Å². The second kappa shape index (κ2) is 10.1. The molecule has 1 aromatic heterocycles. The molecule has 8 heteroatoms. The lowest BCUT2D eigenvalue weighted by atomic mass is 10.0.